The summed E-state index contributed by atoms with van der Waals surface area (Å²) in [6, 6.07) is 13.1. The highest BCUT2D eigenvalue weighted by Crippen LogP contribution is 2.21. The lowest BCUT2D eigenvalue weighted by Crippen LogP contribution is -2.53. The van der Waals surface area contributed by atoms with Gasteiger partial charge in [-0.25, -0.2) is 0 Å². The quantitative estimate of drug-likeness (QED) is 0.368. The third-order valence-electron chi connectivity index (χ3n) is 5.01. The van der Waals surface area contributed by atoms with E-state index in [9.17, 15) is 19.7 Å². The number of thioether (sulfide) groups is 1. The minimum absolute atomic E-state index is 0.0324. The Kier molecular flexibility index (Phi) is 9.92. The Morgan fingerprint density at radius 2 is 1.82 bits per heavy atom. The minimum atomic E-state index is -0.613. The van der Waals surface area contributed by atoms with E-state index in [2.05, 4.69) is 5.32 Å². The van der Waals surface area contributed by atoms with E-state index in [-0.39, 0.29) is 29.8 Å². The molecule has 9 heteroatoms. The van der Waals surface area contributed by atoms with E-state index in [4.69, 9.17) is 4.74 Å². The first kappa shape index (κ1) is 27.2. The second-order valence-electron chi connectivity index (χ2n) is 8.95. The van der Waals surface area contributed by atoms with Crippen molar-refractivity contribution in [1.29, 1.82) is 0 Å². The molecule has 0 fully saturated rings. The summed E-state index contributed by atoms with van der Waals surface area (Å²) >= 11 is 1.41. The van der Waals surface area contributed by atoms with Crippen molar-refractivity contribution in [1.82, 2.24) is 10.2 Å². The average Bonchev–Trinajstić information content (AvgIpc) is 2.78. The molecule has 1 atom stereocenters. The SMILES string of the molecule is CCC(C(=O)NC(C)(C)C)N(Cc1cccc(OC)c1)C(=O)CSCc1ccc([N+](=O)[O-])cc1. The second-order valence-corrected chi connectivity index (χ2v) is 9.94. The Bertz CT molecular complexity index is 989. The van der Waals surface area contributed by atoms with Gasteiger partial charge in [-0.1, -0.05) is 31.2 Å². The fourth-order valence-corrected chi connectivity index (χ4v) is 4.26. The van der Waals surface area contributed by atoms with Crippen molar-refractivity contribution in [3.63, 3.8) is 0 Å². The monoisotopic (exact) mass is 487 g/mol. The van der Waals surface area contributed by atoms with Crippen molar-refractivity contribution in [2.24, 2.45) is 0 Å². The van der Waals surface area contributed by atoms with Crippen molar-refractivity contribution in [3.05, 3.63) is 69.8 Å². The first-order valence-corrected chi connectivity index (χ1v) is 12.2. The van der Waals surface area contributed by atoms with Gasteiger partial charge in [-0.2, -0.15) is 0 Å². The molecular weight excluding hydrogens is 454 g/mol. The number of benzene rings is 2. The zero-order valence-electron chi connectivity index (χ0n) is 20.4. The zero-order chi connectivity index (χ0) is 25.3. The number of rotatable bonds is 11. The predicted molar refractivity (Wildman–Crippen MR) is 135 cm³/mol. The highest BCUT2D eigenvalue weighted by Gasteiger charge is 2.30. The molecule has 1 unspecified atom stereocenters. The number of amides is 2. The van der Waals surface area contributed by atoms with Crippen molar-refractivity contribution < 1.29 is 19.2 Å². The molecule has 2 aromatic rings. The number of nitrogens with one attached hydrogen (secondary N) is 1. The summed E-state index contributed by atoms with van der Waals surface area (Å²) < 4.78 is 5.31. The van der Waals surface area contributed by atoms with Gasteiger partial charge in [0.05, 0.1) is 17.8 Å². The van der Waals surface area contributed by atoms with E-state index in [1.165, 1.54) is 23.9 Å². The van der Waals surface area contributed by atoms with Gasteiger partial charge in [-0.05, 0) is 50.5 Å². The van der Waals surface area contributed by atoms with E-state index < -0.39 is 16.5 Å². The van der Waals surface area contributed by atoms with Crippen molar-refractivity contribution in [3.8, 4) is 5.75 Å². The molecule has 0 spiro atoms. The smallest absolute Gasteiger partial charge is 0.269 e. The van der Waals surface area contributed by atoms with Crippen LogP contribution in [-0.4, -0.2) is 46.1 Å². The number of methoxy groups -OCH3 is 1. The van der Waals surface area contributed by atoms with Gasteiger partial charge in [0.2, 0.25) is 11.8 Å². The molecule has 1 N–H and O–H groups in total. The van der Waals surface area contributed by atoms with Crippen LogP contribution < -0.4 is 10.1 Å². The second kappa shape index (κ2) is 12.4. The molecule has 0 saturated heterocycles. The van der Waals surface area contributed by atoms with Crippen LogP contribution in [0.2, 0.25) is 0 Å². The van der Waals surface area contributed by atoms with Crippen molar-refractivity contribution >= 4 is 29.3 Å². The van der Waals surface area contributed by atoms with Crippen LogP contribution in [0.15, 0.2) is 48.5 Å². The predicted octanol–water partition coefficient (Wildman–Crippen LogP) is 4.56. The largest absolute Gasteiger partial charge is 0.497 e. The number of hydrogen-bond acceptors (Lipinski definition) is 6. The van der Waals surface area contributed by atoms with Gasteiger partial charge in [0.25, 0.3) is 5.69 Å². The van der Waals surface area contributed by atoms with Crippen LogP contribution in [0.4, 0.5) is 5.69 Å². The molecule has 184 valence electrons. The van der Waals surface area contributed by atoms with Crippen molar-refractivity contribution in [2.75, 3.05) is 12.9 Å². The van der Waals surface area contributed by atoms with Gasteiger partial charge in [-0.15, -0.1) is 11.8 Å². The number of nitro groups is 1. The number of nitro benzene ring substituents is 1. The maximum absolute atomic E-state index is 13.3. The molecule has 0 bridgehead atoms. The highest BCUT2D eigenvalue weighted by atomic mass is 32.2. The molecule has 34 heavy (non-hydrogen) atoms. The van der Waals surface area contributed by atoms with Gasteiger partial charge >= 0.3 is 0 Å². The summed E-state index contributed by atoms with van der Waals surface area (Å²) in [4.78, 5) is 38.4. The van der Waals surface area contributed by atoms with E-state index >= 15 is 0 Å². The molecule has 0 aliphatic rings. The molecule has 0 aliphatic heterocycles. The third-order valence-corrected chi connectivity index (χ3v) is 6.00. The molecule has 0 radical (unpaired) electrons. The lowest BCUT2D eigenvalue weighted by molar-refractivity contribution is -0.384. The van der Waals surface area contributed by atoms with Crippen LogP contribution in [0.5, 0.6) is 5.75 Å². The summed E-state index contributed by atoms with van der Waals surface area (Å²) in [6.07, 6.45) is 0.477. The normalized spacial score (nSPS) is 12.0. The Morgan fingerprint density at radius 1 is 1.15 bits per heavy atom. The van der Waals surface area contributed by atoms with Gasteiger partial charge in [0.15, 0.2) is 0 Å². The first-order valence-electron chi connectivity index (χ1n) is 11.1. The number of carbonyl (C=O) groups is 2. The van der Waals surface area contributed by atoms with Gasteiger partial charge < -0.3 is 15.0 Å². The standard InChI is InChI=1S/C25H33N3O5S/c1-6-22(24(30)26-25(2,3)4)27(15-19-8-7-9-21(14-19)33-5)23(29)17-34-16-18-10-12-20(13-11-18)28(31)32/h7-14,22H,6,15-17H2,1-5H3,(H,26,30). The summed E-state index contributed by atoms with van der Waals surface area (Å²) in [5, 5.41) is 13.8. The molecule has 2 amide bonds. The maximum atomic E-state index is 13.3. The topological polar surface area (TPSA) is 102 Å². The molecule has 0 saturated carbocycles. The Labute approximate surface area is 205 Å². The summed E-state index contributed by atoms with van der Waals surface area (Å²) in [5.74, 6) is 1.06. The molecular formula is C25H33N3O5S. The third kappa shape index (κ3) is 8.37. The molecule has 8 nitrogen and oxygen atoms in total. The maximum Gasteiger partial charge on any atom is 0.269 e. The van der Waals surface area contributed by atoms with Crippen LogP contribution >= 0.6 is 11.8 Å². The summed E-state index contributed by atoms with van der Waals surface area (Å²) in [5.41, 5.74) is 1.38. The first-order chi connectivity index (χ1) is 16.0. The summed E-state index contributed by atoms with van der Waals surface area (Å²) in [6.45, 7) is 7.90. The van der Waals surface area contributed by atoms with E-state index in [1.54, 1.807) is 24.1 Å². The zero-order valence-corrected chi connectivity index (χ0v) is 21.2. The fraction of sp³-hybridized carbons (Fsp3) is 0.440. The fourth-order valence-electron chi connectivity index (χ4n) is 3.39. The van der Waals surface area contributed by atoms with Gasteiger partial charge in [-0.3, -0.25) is 19.7 Å². The molecule has 0 aromatic heterocycles. The van der Waals surface area contributed by atoms with Crippen LogP contribution in [0.3, 0.4) is 0 Å². The van der Waals surface area contributed by atoms with E-state index in [0.717, 1.165) is 11.1 Å². The van der Waals surface area contributed by atoms with Crippen molar-refractivity contribution in [2.45, 2.75) is 58.0 Å². The molecule has 0 aliphatic carbocycles. The van der Waals surface area contributed by atoms with Crippen LogP contribution in [-0.2, 0) is 21.9 Å². The number of carbonyl (C=O) groups excluding carboxylic acids is 2. The number of non-ortho nitro benzene ring substituents is 1. The number of ether oxygens (including phenoxy) is 1. The van der Waals surface area contributed by atoms with Crippen LogP contribution in [0, 0.1) is 10.1 Å². The number of nitrogens with zero attached hydrogens (tertiary/aromatic N) is 2. The Hall–Kier alpha value is -3.07. The minimum Gasteiger partial charge on any atom is -0.497 e. The van der Waals surface area contributed by atoms with Gasteiger partial charge in [0.1, 0.15) is 11.8 Å². The van der Waals surface area contributed by atoms with Gasteiger partial charge in [0, 0.05) is 30.0 Å². The molecule has 2 rings (SSSR count). The Morgan fingerprint density at radius 3 is 2.38 bits per heavy atom. The molecule has 2 aromatic carbocycles. The summed E-state index contributed by atoms with van der Waals surface area (Å²) in [7, 11) is 1.59. The Balaban J connectivity index is 2.16. The lowest BCUT2D eigenvalue weighted by Gasteiger charge is -2.33. The van der Waals surface area contributed by atoms with Crippen LogP contribution in [0.25, 0.3) is 0 Å². The van der Waals surface area contributed by atoms with E-state index in [1.807, 2.05) is 52.0 Å². The highest BCUT2D eigenvalue weighted by molar-refractivity contribution is 7.99. The average molecular weight is 488 g/mol. The van der Waals surface area contributed by atoms with Crippen LogP contribution in [0.1, 0.15) is 45.2 Å². The number of hydrogen-bond donors (Lipinski definition) is 1. The molecule has 0 heterocycles. The van der Waals surface area contributed by atoms with E-state index in [0.29, 0.717) is 17.9 Å². The lowest BCUT2D eigenvalue weighted by atomic mass is 10.1.